The number of aliphatic carboxylic acids is 1. The van der Waals surface area contributed by atoms with Gasteiger partial charge in [-0.25, -0.2) is 4.79 Å². The fourth-order valence-corrected chi connectivity index (χ4v) is 2.74. The van der Waals surface area contributed by atoms with Crippen LogP contribution in [0.2, 0.25) is 10.0 Å². The smallest absolute Gasteiger partial charge is 0.328 e. The van der Waals surface area contributed by atoms with E-state index in [0.717, 1.165) is 0 Å². The molecule has 1 aromatic carbocycles. The number of hydrogen-bond acceptors (Lipinski definition) is 4. The fourth-order valence-electron chi connectivity index (χ4n) is 2.10. The quantitative estimate of drug-likeness (QED) is 0.914. The van der Waals surface area contributed by atoms with Crippen molar-refractivity contribution in [3.63, 3.8) is 0 Å². The third-order valence-electron chi connectivity index (χ3n) is 3.12. The minimum atomic E-state index is -1.12. The predicted molar refractivity (Wildman–Crippen MR) is 76.3 cm³/mol. The molecule has 0 aliphatic carbocycles. The van der Waals surface area contributed by atoms with E-state index in [2.05, 4.69) is 0 Å². The van der Waals surface area contributed by atoms with E-state index >= 15 is 0 Å². The SMILES string of the molecule is COc1c(Cl)cc(C(=O)N2CCOCC2C(=O)O)cc1Cl. The van der Waals surface area contributed by atoms with Crippen LogP contribution in [0.1, 0.15) is 10.4 Å². The highest BCUT2D eigenvalue weighted by Crippen LogP contribution is 2.34. The van der Waals surface area contributed by atoms with Gasteiger partial charge in [0.1, 0.15) is 0 Å². The minimum Gasteiger partial charge on any atom is -0.494 e. The first kappa shape index (κ1) is 15.9. The van der Waals surface area contributed by atoms with Crippen molar-refractivity contribution in [2.45, 2.75) is 6.04 Å². The number of methoxy groups -OCH3 is 1. The molecule has 1 unspecified atom stereocenters. The number of halogens is 2. The molecule has 114 valence electrons. The Morgan fingerprint density at radius 3 is 2.52 bits per heavy atom. The second-order valence-electron chi connectivity index (χ2n) is 4.40. The second-order valence-corrected chi connectivity index (χ2v) is 5.22. The molecule has 1 atom stereocenters. The highest BCUT2D eigenvalue weighted by molar-refractivity contribution is 6.37. The Hall–Kier alpha value is -1.50. The van der Waals surface area contributed by atoms with Crippen LogP contribution in [-0.2, 0) is 9.53 Å². The normalized spacial score (nSPS) is 18.4. The number of carboxylic acid groups (broad SMARTS) is 1. The Kier molecular flexibility index (Phi) is 4.92. The third-order valence-corrected chi connectivity index (χ3v) is 3.69. The van der Waals surface area contributed by atoms with Gasteiger partial charge in [0.15, 0.2) is 11.8 Å². The fraction of sp³-hybridized carbons (Fsp3) is 0.385. The Labute approximate surface area is 131 Å². The molecule has 1 amide bonds. The molecule has 0 bridgehead atoms. The summed E-state index contributed by atoms with van der Waals surface area (Å²) in [6, 6.07) is 1.79. The molecule has 6 nitrogen and oxygen atoms in total. The number of hydrogen-bond donors (Lipinski definition) is 1. The van der Waals surface area contributed by atoms with Crippen molar-refractivity contribution < 1.29 is 24.2 Å². The van der Waals surface area contributed by atoms with Crippen LogP contribution in [0.25, 0.3) is 0 Å². The van der Waals surface area contributed by atoms with Crippen molar-refractivity contribution in [1.29, 1.82) is 0 Å². The molecule has 1 heterocycles. The number of carboxylic acids is 1. The molecule has 21 heavy (non-hydrogen) atoms. The Morgan fingerprint density at radius 1 is 1.38 bits per heavy atom. The molecule has 0 spiro atoms. The van der Waals surface area contributed by atoms with Gasteiger partial charge in [-0.05, 0) is 12.1 Å². The summed E-state index contributed by atoms with van der Waals surface area (Å²) in [5.74, 6) is -1.31. The molecule has 1 N–H and O–H groups in total. The van der Waals surface area contributed by atoms with Gasteiger partial charge in [0, 0.05) is 12.1 Å². The molecule has 1 saturated heterocycles. The average Bonchev–Trinajstić information content (AvgIpc) is 2.46. The maximum atomic E-state index is 12.5. The molecular weight excluding hydrogens is 321 g/mol. The summed E-state index contributed by atoms with van der Waals surface area (Å²) in [4.78, 5) is 24.9. The predicted octanol–water partition coefficient (Wildman–Crippen LogP) is 1.93. The van der Waals surface area contributed by atoms with E-state index in [1.165, 1.54) is 24.1 Å². The Balaban J connectivity index is 2.32. The topological polar surface area (TPSA) is 76.1 Å². The van der Waals surface area contributed by atoms with E-state index in [-0.39, 0.29) is 41.1 Å². The van der Waals surface area contributed by atoms with Gasteiger partial charge in [0.2, 0.25) is 0 Å². The van der Waals surface area contributed by atoms with Crippen molar-refractivity contribution in [1.82, 2.24) is 4.90 Å². The van der Waals surface area contributed by atoms with Gasteiger partial charge in [0.25, 0.3) is 5.91 Å². The molecule has 2 rings (SSSR count). The number of ether oxygens (including phenoxy) is 2. The third kappa shape index (κ3) is 3.23. The standard InChI is InChI=1S/C13H13Cl2NO5/c1-20-11-8(14)4-7(5-9(11)15)12(17)16-2-3-21-6-10(16)13(18)19/h4-5,10H,2-3,6H2,1H3,(H,18,19). The first-order chi connectivity index (χ1) is 9.95. The second kappa shape index (κ2) is 6.51. The van der Waals surface area contributed by atoms with Crippen LogP contribution in [0.5, 0.6) is 5.75 Å². The van der Waals surface area contributed by atoms with Crippen molar-refractivity contribution in [3.8, 4) is 5.75 Å². The van der Waals surface area contributed by atoms with Crippen molar-refractivity contribution in [2.75, 3.05) is 26.9 Å². The summed E-state index contributed by atoms with van der Waals surface area (Å²) < 4.78 is 10.1. The zero-order chi connectivity index (χ0) is 15.6. The van der Waals surface area contributed by atoms with Gasteiger partial charge >= 0.3 is 5.97 Å². The van der Waals surface area contributed by atoms with Crippen LogP contribution in [0.4, 0.5) is 0 Å². The highest BCUT2D eigenvalue weighted by Gasteiger charge is 2.33. The number of benzene rings is 1. The number of carbonyl (C=O) groups excluding carboxylic acids is 1. The zero-order valence-electron chi connectivity index (χ0n) is 11.1. The van der Waals surface area contributed by atoms with Crippen molar-refractivity contribution in [2.24, 2.45) is 0 Å². The van der Waals surface area contributed by atoms with E-state index in [0.29, 0.717) is 0 Å². The van der Waals surface area contributed by atoms with Crippen LogP contribution in [0.3, 0.4) is 0 Å². The summed E-state index contributed by atoms with van der Waals surface area (Å²) in [5.41, 5.74) is 0.207. The van der Waals surface area contributed by atoms with Gasteiger partial charge in [-0.15, -0.1) is 0 Å². The summed E-state index contributed by atoms with van der Waals surface area (Å²) in [7, 11) is 1.41. The van der Waals surface area contributed by atoms with Crippen LogP contribution in [-0.4, -0.2) is 54.8 Å². The molecule has 1 aliphatic heterocycles. The Morgan fingerprint density at radius 2 is 2.00 bits per heavy atom. The van der Waals surface area contributed by atoms with Gasteiger partial charge in [-0.2, -0.15) is 0 Å². The summed E-state index contributed by atoms with van der Waals surface area (Å²) in [6.45, 7) is 0.433. The number of morpholine rings is 1. The van der Waals surface area contributed by atoms with Gasteiger partial charge < -0.3 is 19.5 Å². The first-order valence-corrected chi connectivity index (χ1v) is 6.86. The Bertz CT molecular complexity index is 555. The minimum absolute atomic E-state index is 0.0430. The van der Waals surface area contributed by atoms with Crippen LogP contribution in [0, 0.1) is 0 Å². The molecule has 0 aromatic heterocycles. The van der Waals surface area contributed by atoms with Crippen LogP contribution in [0.15, 0.2) is 12.1 Å². The molecular formula is C13H13Cl2NO5. The first-order valence-electron chi connectivity index (χ1n) is 6.10. The monoisotopic (exact) mass is 333 g/mol. The lowest BCUT2D eigenvalue weighted by Gasteiger charge is -2.33. The lowest BCUT2D eigenvalue weighted by molar-refractivity contribution is -0.147. The van der Waals surface area contributed by atoms with E-state index < -0.39 is 17.9 Å². The summed E-state index contributed by atoms with van der Waals surface area (Å²) in [5, 5.41) is 9.53. The molecule has 1 aliphatic rings. The molecule has 1 fully saturated rings. The summed E-state index contributed by atoms with van der Waals surface area (Å²) in [6.07, 6.45) is 0. The van der Waals surface area contributed by atoms with Crippen LogP contribution < -0.4 is 4.74 Å². The summed E-state index contributed by atoms with van der Waals surface area (Å²) >= 11 is 12.0. The van der Waals surface area contributed by atoms with E-state index in [9.17, 15) is 9.59 Å². The van der Waals surface area contributed by atoms with Crippen molar-refractivity contribution in [3.05, 3.63) is 27.7 Å². The van der Waals surface area contributed by atoms with Crippen molar-refractivity contribution >= 4 is 35.1 Å². The van der Waals surface area contributed by atoms with Crippen LogP contribution >= 0.6 is 23.2 Å². The lowest BCUT2D eigenvalue weighted by atomic mass is 10.1. The number of amides is 1. The molecule has 0 saturated carbocycles. The molecule has 1 aromatic rings. The number of carbonyl (C=O) groups is 2. The number of rotatable bonds is 3. The maximum absolute atomic E-state index is 12.5. The van der Waals surface area contributed by atoms with E-state index in [1.54, 1.807) is 0 Å². The average molecular weight is 334 g/mol. The zero-order valence-corrected chi connectivity index (χ0v) is 12.6. The number of nitrogens with zero attached hydrogens (tertiary/aromatic N) is 1. The maximum Gasteiger partial charge on any atom is 0.328 e. The molecule has 8 heteroatoms. The van der Waals surface area contributed by atoms with Gasteiger partial charge in [-0.1, -0.05) is 23.2 Å². The largest absolute Gasteiger partial charge is 0.494 e. The van der Waals surface area contributed by atoms with Gasteiger partial charge in [-0.3, -0.25) is 4.79 Å². The molecule has 0 radical (unpaired) electrons. The van der Waals surface area contributed by atoms with E-state index in [1.807, 2.05) is 0 Å². The lowest BCUT2D eigenvalue weighted by Crippen LogP contribution is -2.52. The van der Waals surface area contributed by atoms with Gasteiger partial charge in [0.05, 0.1) is 30.4 Å². The van der Waals surface area contributed by atoms with E-state index in [4.69, 9.17) is 37.8 Å². The highest BCUT2D eigenvalue weighted by atomic mass is 35.5.